The van der Waals surface area contributed by atoms with Crippen LogP contribution >= 0.6 is 0 Å². The van der Waals surface area contributed by atoms with Crippen LogP contribution in [-0.4, -0.2) is 11.1 Å². The van der Waals surface area contributed by atoms with Crippen LogP contribution in [0.15, 0.2) is 23.3 Å². The molecule has 0 bridgehead atoms. The van der Waals surface area contributed by atoms with Crippen LogP contribution in [0.4, 0.5) is 0 Å². The Kier molecular flexibility index (Phi) is 3.93. The van der Waals surface area contributed by atoms with E-state index in [1.54, 1.807) is 0 Å². The van der Waals surface area contributed by atoms with Gasteiger partial charge in [-0.15, -0.1) is 0 Å². The van der Waals surface area contributed by atoms with Crippen LogP contribution in [0.3, 0.4) is 0 Å². The van der Waals surface area contributed by atoms with E-state index in [4.69, 9.17) is 10.4 Å². The van der Waals surface area contributed by atoms with Crippen LogP contribution in [0.2, 0.25) is 0 Å². The molecule has 1 aliphatic carbocycles. The van der Waals surface area contributed by atoms with Gasteiger partial charge in [-0.2, -0.15) is 5.26 Å². The Morgan fingerprint density at radius 3 is 2.86 bits per heavy atom. The number of aliphatic carboxylic acids is 1. The first-order valence-corrected chi connectivity index (χ1v) is 4.74. The first kappa shape index (κ1) is 10.5. The van der Waals surface area contributed by atoms with Crippen molar-refractivity contribution in [2.45, 2.75) is 32.1 Å². The molecule has 0 spiro atoms. The fourth-order valence-electron chi connectivity index (χ4n) is 1.53. The quantitative estimate of drug-likeness (QED) is 0.647. The van der Waals surface area contributed by atoms with Crippen molar-refractivity contribution in [3.63, 3.8) is 0 Å². The number of carbonyl (C=O) groups is 1. The maximum absolute atomic E-state index is 10.5. The fourth-order valence-corrected chi connectivity index (χ4v) is 1.53. The Morgan fingerprint density at radius 2 is 2.21 bits per heavy atom. The molecule has 3 nitrogen and oxygen atoms in total. The van der Waals surface area contributed by atoms with Crippen molar-refractivity contribution in [3.05, 3.63) is 23.3 Å². The minimum Gasteiger partial charge on any atom is -0.478 e. The molecule has 0 unspecified atom stereocenters. The standard InChI is InChI=1S/C11H13NO2/c12-8-10-4-2-1-3-9(5-6-10)7-11(13)14/h6-7H,1-5H2,(H,13,14)/b9-7-,10-6+. The van der Waals surface area contributed by atoms with E-state index >= 15 is 0 Å². The van der Waals surface area contributed by atoms with Gasteiger partial charge in [0, 0.05) is 11.6 Å². The zero-order valence-electron chi connectivity index (χ0n) is 7.99. The number of nitriles is 1. The highest BCUT2D eigenvalue weighted by Crippen LogP contribution is 2.20. The number of nitrogens with zero attached hydrogens (tertiary/aromatic N) is 1. The highest BCUT2D eigenvalue weighted by Gasteiger charge is 2.05. The van der Waals surface area contributed by atoms with Crippen molar-refractivity contribution in [3.8, 4) is 6.07 Å². The summed E-state index contributed by atoms with van der Waals surface area (Å²) in [4.78, 5) is 10.5. The number of hydrogen-bond donors (Lipinski definition) is 1. The molecule has 1 N–H and O–H groups in total. The smallest absolute Gasteiger partial charge is 0.328 e. The summed E-state index contributed by atoms with van der Waals surface area (Å²) in [6.45, 7) is 0. The molecule has 74 valence electrons. The van der Waals surface area contributed by atoms with Gasteiger partial charge in [-0.1, -0.05) is 11.6 Å². The molecule has 14 heavy (non-hydrogen) atoms. The second kappa shape index (κ2) is 5.23. The summed E-state index contributed by atoms with van der Waals surface area (Å²) in [7, 11) is 0. The van der Waals surface area contributed by atoms with Crippen molar-refractivity contribution < 1.29 is 9.90 Å². The Morgan fingerprint density at radius 1 is 1.50 bits per heavy atom. The molecule has 0 atom stereocenters. The Hall–Kier alpha value is -1.56. The molecule has 0 fully saturated rings. The van der Waals surface area contributed by atoms with E-state index in [0.29, 0.717) is 6.42 Å². The third-order valence-corrected chi connectivity index (χ3v) is 2.28. The van der Waals surface area contributed by atoms with Crippen LogP contribution in [0.1, 0.15) is 32.1 Å². The predicted octanol–water partition coefficient (Wildman–Crippen LogP) is 2.41. The van der Waals surface area contributed by atoms with Crippen LogP contribution < -0.4 is 0 Å². The molecule has 0 aromatic carbocycles. The molecule has 1 aliphatic rings. The Balaban J connectivity index is 2.73. The molecule has 0 saturated heterocycles. The van der Waals surface area contributed by atoms with Gasteiger partial charge in [0.25, 0.3) is 0 Å². The molecule has 0 saturated carbocycles. The van der Waals surface area contributed by atoms with Gasteiger partial charge in [0.15, 0.2) is 0 Å². The highest BCUT2D eigenvalue weighted by atomic mass is 16.4. The average Bonchev–Trinajstić information content (AvgIpc) is 2.10. The number of rotatable bonds is 1. The van der Waals surface area contributed by atoms with Crippen molar-refractivity contribution in [1.82, 2.24) is 0 Å². The van der Waals surface area contributed by atoms with E-state index in [9.17, 15) is 4.79 Å². The summed E-state index contributed by atoms with van der Waals surface area (Å²) in [5.74, 6) is -0.896. The van der Waals surface area contributed by atoms with Crippen molar-refractivity contribution in [2.75, 3.05) is 0 Å². The van der Waals surface area contributed by atoms with E-state index in [0.717, 1.165) is 36.8 Å². The van der Waals surface area contributed by atoms with E-state index < -0.39 is 5.97 Å². The summed E-state index contributed by atoms with van der Waals surface area (Å²) < 4.78 is 0. The van der Waals surface area contributed by atoms with Gasteiger partial charge in [0.2, 0.25) is 0 Å². The predicted molar refractivity (Wildman–Crippen MR) is 52.5 cm³/mol. The van der Waals surface area contributed by atoms with Gasteiger partial charge in [-0.25, -0.2) is 4.79 Å². The molecule has 1 rings (SSSR count). The molecule has 0 heterocycles. The summed E-state index contributed by atoms with van der Waals surface area (Å²) in [5, 5.41) is 17.3. The first-order valence-electron chi connectivity index (χ1n) is 4.74. The summed E-state index contributed by atoms with van der Waals surface area (Å²) in [6.07, 6.45) is 7.31. The van der Waals surface area contributed by atoms with Crippen LogP contribution in [0.5, 0.6) is 0 Å². The van der Waals surface area contributed by atoms with Crippen LogP contribution in [0, 0.1) is 11.3 Å². The van der Waals surface area contributed by atoms with E-state index in [-0.39, 0.29) is 0 Å². The largest absolute Gasteiger partial charge is 0.478 e. The lowest BCUT2D eigenvalue weighted by molar-refractivity contribution is -0.131. The third kappa shape index (κ3) is 3.44. The lowest BCUT2D eigenvalue weighted by atomic mass is 9.96. The molecule has 3 heteroatoms. The zero-order valence-corrected chi connectivity index (χ0v) is 7.99. The highest BCUT2D eigenvalue weighted by molar-refractivity contribution is 5.80. The maximum atomic E-state index is 10.5. The minimum atomic E-state index is -0.896. The van der Waals surface area contributed by atoms with Gasteiger partial charge >= 0.3 is 5.97 Å². The average molecular weight is 191 g/mol. The second-order valence-corrected chi connectivity index (χ2v) is 3.39. The molecule has 0 aliphatic heterocycles. The van der Waals surface area contributed by atoms with Crippen molar-refractivity contribution >= 4 is 5.97 Å². The Bertz CT molecular complexity index is 321. The maximum Gasteiger partial charge on any atom is 0.328 e. The SMILES string of the molecule is N#C/C1=C/C/C(=C\C(=O)O)CCCC1. The van der Waals surface area contributed by atoms with E-state index in [2.05, 4.69) is 6.07 Å². The van der Waals surface area contributed by atoms with Gasteiger partial charge in [0.1, 0.15) is 0 Å². The van der Waals surface area contributed by atoms with Crippen molar-refractivity contribution in [1.29, 1.82) is 5.26 Å². The summed E-state index contributed by atoms with van der Waals surface area (Å²) in [6, 6.07) is 2.13. The zero-order chi connectivity index (χ0) is 10.4. The molecule has 0 radical (unpaired) electrons. The minimum absolute atomic E-state index is 0.606. The number of carboxylic acid groups (broad SMARTS) is 1. The van der Waals surface area contributed by atoms with Crippen molar-refractivity contribution in [2.24, 2.45) is 0 Å². The second-order valence-electron chi connectivity index (χ2n) is 3.39. The Labute approximate surface area is 83.4 Å². The van der Waals surface area contributed by atoms with Crippen LogP contribution in [-0.2, 0) is 4.79 Å². The third-order valence-electron chi connectivity index (χ3n) is 2.28. The first-order chi connectivity index (χ1) is 6.72. The van der Waals surface area contributed by atoms with Gasteiger partial charge in [0.05, 0.1) is 6.07 Å². The molecule has 0 aromatic heterocycles. The summed E-state index contributed by atoms with van der Waals surface area (Å²) in [5.41, 5.74) is 1.69. The topological polar surface area (TPSA) is 61.1 Å². The summed E-state index contributed by atoms with van der Waals surface area (Å²) >= 11 is 0. The molecule has 0 aromatic rings. The van der Waals surface area contributed by atoms with E-state index in [1.807, 2.05) is 6.08 Å². The van der Waals surface area contributed by atoms with Gasteiger partial charge in [-0.05, 0) is 32.1 Å². The van der Waals surface area contributed by atoms with Gasteiger partial charge in [-0.3, -0.25) is 0 Å². The van der Waals surface area contributed by atoms with Gasteiger partial charge < -0.3 is 5.11 Å². The molecular weight excluding hydrogens is 178 g/mol. The molecular formula is C11H13NO2. The number of carboxylic acids is 1. The lowest BCUT2D eigenvalue weighted by Crippen LogP contribution is -1.96. The number of allylic oxidation sites excluding steroid dienone is 3. The monoisotopic (exact) mass is 191 g/mol. The fraction of sp³-hybridized carbons (Fsp3) is 0.455. The normalized spacial score (nSPS) is 24.2. The number of hydrogen-bond acceptors (Lipinski definition) is 2. The van der Waals surface area contributed by atoms with E-state index in [1.165, 1.54) is 6.08 Å². The molecule has 0 amide bonds. The lowest BCUT2D eigenvalue weighted by Gasteiger charge is -2.08. The van der Waals surface area contributed by atoms with Crippen LogP contribution in [0.25, 0.3) is 0 Å².